The Labute approximate surface area is 168 Å². The molecule has 0 N–H and O–H groups in total. The van der Waals surface area contributed by atoms with Crippen LogP contribution < -0.4 is 0 Å². The minimum absolute atomic E-state index is 0.0230. The van der Waals surface area contributed by atoms with Crippen molar-refractivity contribution in [3.05, 3.63) is 41.7 Å². The Morgan fingerprint density at radius 1 is 1.31 bits per heavy atom. The van der Waals surface area contributed by atoms with Gasteiger partial charge in [-0.05, 0) is 18.2 Å². The van der Waals surface area contributed by atoms with Gasteiger partial charge in [0.15, 0.2) is 21.5 Å². The molecule has 0 aromatic carbocycles. The van der Waals surface area contributed by atoms with Crippen LogP contribution in [-0.2, 0) is 16.9 Å². The van der Waals surface area contributed by atoms with Crippen molar-refractivity contribution in [1.29, 1.82) is 0 Å². The van der Waals surface area contributed by atoms with Crippen molar-refractivity contribution in [3.63, 3.8) is 0 Å². The summed E-state index contributed by atoms with van der Waals surface area (Å²) in [6.45, 7) is 1.47. The van der Waals surface area contributed by atoms with Crippen LogP contribution in [0.15, 0.2) is 40.9 Å². The number of allylic oxidation sites excluding steroid dienone is 1. The molecule has 0 saturated heterocycles. The highest BCUT2D eigenvalue weighted by molar-refractivity contribution is 7.91. The van der Waals surface area contributed by atoms with Gasteiger partial charge in [0.05, 0.1) is 22.5 Å². The summed E-state index contributed by atoms with van der Waals surface area (Å²) in [6.07, 6.45) is -0.215. The van der Waals surface area contributed by atoms with Crippen molar-refractivity contribution in [1.82, 2.24) is 29.3 Å². The predicted octanol–water partition coefficient (Wildman–Crippen LogP) is 3.00. The van der Waals surface area contributed by atoms with E-state index >= 15 is 0 Å². The van der Waals surface area contributed by atoms with Crippen molar-refractivity contribution in [2.45, 2.75) is 18.0 Å². The van der Waals surface area contributed by atoms with Gasteiger partial charge < -0.3 is 4.57 Å². The van der Waals surface area contributed by atoms with Crippen LogP contribution in [0.25, 0.3) is 23.4 Å². The number of imidazole rings is 1. The number of nitrogens with zero attached hydrogens (tertiary/aromatic N) is 6. The van der Waals surface area contributed by atoms with E-state index in [0.717, 1.165) is 6.20 Å². The number of sulfone groups is 1. The summed E-state index contributed by atoms with van der Waals surface area (Å²) in [4.78, 5) is 12.1. The molecule has 29 heavy (non-hydrogen) atoms. The third kappa shape index (κ3) is 4.17. The summed E-state index contributed by atoms with van der Waals surface area (Å²) < 4.78 is 65.8. The topological polar surface area (TPSA) is 95.6 Å². The van der Waals surface area contributed by atoms with Crippen LogP contribution in [0.5, 0.6) is 0 Å². The SMILES string of the molecule is CCS(=O)(=O)c1ccc(-n2cncn2)nc1-c1ncc(/C=C(\Cl)C(F)(F)F)n1C. The van der Waals surface area contributed by atoms with Crippen LogP contribution in [0.3, 0.4) is 0 Å². The van der Waals surface area contributed by atoms with E-state index in [2.05, 4.69) is 20.1 Å². The third-order valence-corrected chi connectivity index (χ3v) is 6.08. The molecule has 0 saturated carbocycles. The molecule has 3 heterocycles. The molecular formula is C16H14ClF3N6O2S. The van der Waals surface area contributed by atoms with Crippen molar-refractivity contribution in [3.8, 4) is 17.3 Å². The molecule has 0 radical (unpaired) electrons. The highest BCUT2D eigenvalue weighted by atomic mass is 35.5. The summed E-state index contributed by atoms with van der Waals surface area (Å²) >= 11 is 5.30. The van der Waals surface area contributed by atoms with E-state index < -0.39 is 21.0 Å². The molecule has 0 bridgehead atoms. The third-order valence-electron chi connectivity index (χ3n) is 3.99. The van der Waals surface area contributed by atoms with E-state index in [1.165, 1.54) is 48.0 Å². The lowest BCUT2D eigenvalue weighted by atomic mass is 10.3. The Morgan fingerprint density at radius 3 is 2.62 bits per heavy atom. The normalized spacial score (nSPS) is 13.1. The summed E-state index contributed by atoms with van der Waals surface area (Å²) in [5.41, 5.74) is 0.000242. The quantitative estimate of drug-likeness (QED) is 0.598. The maximum absolute atomic E-state index is 12.7. The van der Waals surface area contributed by atoms with Crippen molar-refractivity contribution < 1.29 is 21.6 Å². The van der Waals surface area contributed by atoms with Gasteiger partial charge in [-0.25, -0.2) is 28.1 Å². The Kier molecular flexibility index (Phi) is 5.50. The molecule has 8 nitrogen and oxygen atoms in total. The lowest BCUT2D eigenvalue weighted by Crippen LogP contribution is -2.11. The molecule has 0 aliphatic heterocycles. The molecule has 0 unspecified atom stereocenters. The molecule has 0 atom stereocenters. The first-order chi connectivity index (χ1) is 13.5. The summed E-state index contributed by atoms with van der Waals surface area (Å²) in [7, 11) is -2.27. The molecule has 13 heteroatoms. The van der Waals surface area contributed by atoms with E-state index in [0.29, 0.717) is 6.08 Å². The fourth-order valence-electron chi connectivity index (χ4n) is 2.45. The Hall–Kier alpha value is -2.73. The predicted molar refractivity (Wildman–Crippen MR) is 99.0 cm³/mol. The van der Waals surface area contributed by atoms with Gasteiger partial charge in [-0.3, -0.25) is 0 Å². The number of hydrogen-bond donors (Lipinski definition) is 0. The Bertz CT molecular complexity index is 1170. The zero-order chi connectivity index (χ0) is 21.4. The lowest BCUT2D eigenvalue weighted by Gasteiger charge is -2.11. The molecule has 3 aromatic rings. The largest absolute Gasteiger partial charge is 0.427 e. The lowest BCUT2D eigenvalue weighted by molar-refractivity contribution is -0.0837. The van der Waals surface area contributed by atoms with E-state index in [4.69, 9.17) is 11.6 Å². The standard InChI is InChI=1S/C16H14ClF3N6O2S/c1-3-29(27,28)11-4-5-13(26-9-21-8-23-26)24-14(11)15-22-7-10(25(15)2)6-12(17)16(18,19)20/h4-9H,3H2,1-2H3/b12-6-. The second-order valence-electron chi connectivity index (χ2n) is 5.82. The summed E-state index contributed by atoms with van der Waals surface area (Å²) in [6, 6.07) is 2.80. The molecule has 0 amide bonds. The van der Waals surface area contributed by atoms with Crippen molar-refractivity contribution in [2.75, 3.05) is 5.75 Å². The number of rotatable bonds is 5. The van der Waals surface area contributed by atoms with E-state index in [1.807, 2.05) is 0 Å². The molecule has 154 valence electrons. The number of halogens is 4. The van der Waals surface area contributed by atoms with E-state index in [9.17, 15) is 21.6 Å². The monoisotopic (exact) mass is 446 g/mol. The highest BCUT2D eigenvalue weighted by Crippen LogP contribution is 2.32. The van der Waals surface area contributed by atoms with Gasteiger partial charge in [-0.15, -0.1) is 0 Å². The van der Waals surface area contributed by atoms with Crippen LogP contribution in [0.4, 0.5) is 13.2 Å². The maximum Gasteiger partial charge on any atom is 0.427 e. The molecule has 0 spiro atoms. The first kappa shape index (κ1) is 21.0. The first-order valence-electron chi connectivity index (χ1n) is 8.10. The molecule has 0 fully saturated rings. The van der Waals surface area contributed by atoms with Gasteiger partial charge in [0, 0.05) is 7.05 Å². The van der Waals surface area contributed by atoms with Crippen molar-refractivity contribution >= 4 is 27.5 Å². The zero-order valence-corrected chi connectivity index (χ0v) is 16.7. The molecule has 3 rings (SSSR count). The number of hydrogen-bond acceptors (Lipinski definition) is 6. The van der Waals surface area contributed by atoms with E-state index in [-0.39, 0.29) is 33.7 Å². The van der Waals surface area contributed by atoms with Crippen molar-refractivity contribution in [2.24, 2.45) is 7.05 Å². The average Bonchev–Trinajstić information content (AvgIpc) is 3.31. The van der Waals surface area contributed by atoms with Gasteiger partial charge in [0.1, 0.15) is 23.4 Å². The maximum atomic E-state index is 12.7. The van der Waals surface area contributed by atoms with Crippen LogP contribution in [-0.4, -0.2) is 49.6 Å². The molecular weight excluding hydrogens is 433 g/mol. The molecule has 0 aliphatic rings. The van der Waals surface area contributed by atoms with Crippen LogP contribution in [0.1, 0.15) is 12.6 Å². The molecule has 3 aromatic heterocycles. The van der Waals surface area contributed by atoms with Crippen LogP contribution in [0.2, 0.25) is 0 Å². The second-order valence-corrected chi connectivity index (χ2v) is 8.47. The average molecular weight is 447 g/mol. The van der Waals surface area contributed by atoms with Gasteiger partial charge in [-0.1, -0.05) is 18.5 Å². The van der Waals surface area contributed by atoms with Gasteiger partial charge in [0.2, 0.25) is 0 Å². The summed E-state index contributed by atoms with van der Waals surface area (Å²) in [5, 5.41) is 2.61. The van der Waals surface area contributed by atoms with Crippen LogP contribution >= 0.6 is 11.6 Å². The minimum Gasteiger partial charge on any atom is -0.326 e. The Balaban J connectivity index is 2.21. The van der Waals surface area contributed by atoms with Crippen LogP contribution in [0, 0.1) is 0 Å². The number of aromatic nitrogens is 6. The fourth-order valence-corrected chi connectivity index (χ4v) is 3.58. The first-order valence-corrected chi connectivity index (χ1v) is 10.1. The van der Waals surface area contributed by atoms with E-state index in [1.54, 1.807) is 0 Å². The number of alkyl halides is 3. The summed E-state index contributed by atoms with van der Waals surface area (Å²) in [5.74, 6) is 0.124. The smallest absolute Gasteiger partial charge is 0.326 e. The zero-order valence-electron chi connectivity index (χ0n) is 15.1. The van der Waals surface area contributed by atoms with Gasteiger partial charge in [0.25, 0.3) is 0 Å². The van der Waals surface area contributed by atoms with Gasteiger partial charge in [-0.2, -0.15) is 18.3 Å². The second kappa shape index (κ2) is 7.59. The Morgan fingerprint density at radius 2 is 2.03 bits per heavy atom. The van der Waals surface area contributed by atoms with Gasteiger partial charge >= 0.3 is 6.18 Å². The number of pyridine rings is 1. The fraction of sp³-hybridized carbons (Fsp3) is 0.250. The minimum atomic E-state index is -4.71. The highest BCUT2D eigenvalue weighted by Gasteiger charge is 2.33. The molecule has 0 aliphatic carbocycles.